The Bertz CT molecular complexity index is 498. The summed E-state index contributed by atoms with van der Waals surface area (Å²) in [5, 5.41) is 0. The summed E-state index contributed by atoms with van der Waals surface area (Å²) in [5.41, 5.74) is 5.42. The van der Waals surface area contributed by atoms with Crippen molar-refractivity contribution in [2.24, 2.45) is 0 Å². The summed E-state index contributed by atoms with van der Waals surface area (Å²) >= 11 is 0. The third-order valence-corrected chi connectivity index (χ3v) is 1.78. The molecule has 6 heteroatoms. The van der Waals surface area contributed by atoms with Crippen LogP contribution in [0.1, 0.15) is 5.82 Å². The highest BCUT2D eigenvalue weighted by atomic mass is 19.1. The zero-order valence-electron chi connectivity index (χ0n) is 8.51. The highest BCUT2D eigenvalue weighted by Crippen LogP contribution is 2.21. The number of rotatable bonds is 2. The van der Waals surface area contributed by atoms with Gasteiger partial charge < -0.3 is 10.5 Å². The molecule has 1 heterocycles. The minimum atomic E-state index is -0.487. The first kappa shape index (κ1) is 10.3. The summed E-state index contributed by atoms with van der Waals surface area (Å²) in [5.74, 6) is 0.0179. The Kier molecular flexibility index (Phi) is 2.63. The van der Waals surface area contributed by atoms with Crippen LogP contribution in [0.4, 0.5) is 10.3 Å². The van der Waals surface area contributed by atoms with Gasteiger partial charge in [-0.3, -0.25) is 0 Å². The van der Waals surface area contributed by atoms with Gasteiger partial charge in [-0.25, -0.2) is 4.39 Å². The minimum Gasteiger partial charge on any atom is -0.421 e. The van der Waals surface area contributed by atoms with Gasteiger partial charge in [-0.05, 0) is 19.1 Å². The number of ether oxygens (including phenoxy) is 1. The number of hydrogen-bond acceptors (Lipinski definition) is 5. The fourth-order valence-corrected chi connectivity index (χ4v) is 1.15. The van der Waals surface area contributed by atoms with Crippen LogP contribution >= 0.6 is 0 Å². The molecule has 0 saturated carbocycles. The van der Waals surface area contributed by atoms with E-state index in [0.29, 0.717) is 5.82 Å². The lowest BCUT2D eigenvalue weighted by atomic mass is 10.3. The molecule has 5 nitrogen and oxygen atoms in total. The zero-order valence-corrected chi connectivity index (χ0v) is 8.51. The monoisotopic (exact) mass is 220 g/mol. The Balaban J connectivity index is 2.30. The van der Waals surface area contributed by atoms with Gasteiger partial charge in [0.15, 0.2) is 11.6 Å². The van der Waals surface area contributed by atoms with E-state index in [4.69, 9.17) is 10.5 Å². The van der Waals surface area contributed by atoms with Gasteiger partial charge in [0.1, 0.15) is 5.82 Å². The maximum atomic E-state index is 13.2. The lowest BCUT2D eigenvalue weighted by Gasteiger charge is -2.05. The Morgan fingerprint density at radius 1 is 1.19 bits per heavy atom. The molecule has 0 spiro atoms. The van der Waals surface area contributed by atoms with Crippen LogP contribution < -0.4 is 10.5 Å². The van der Waals surface area contributed by atoms with E-state index in [2.05, 4.69) is 15.0 Å². The molecule has 0 amide bonds. The molecule has 0 saturated heterocycles. The number of nitrogens with zero attached hydrogens (tertiary/aromatic N) is 3. The molecule has 0 aliphatic heterocycles. The first-order valence-corrected chi connectivity index (χ1v) is 4.55. The molecule has 82 valence electrons. The van der Waals surface area contributed by atoms with Gasteiger partial charge >= 0.3 is 6.01 Å². The van der Waals surface area contributed by atoms with Gasteiger partial charge in [0, 0.05) is 0 Å². The van der Waals surface area contributed by atoms with E-state index in [9.17, 15) is 4.39 Å². The lowest BCUT2D eigenvalue weighted by Crippen LogP contribution is -2.02. The highest BCUT2D eigenvalue weighted by Gasteiger charge is 2.07. The van der Waals surface area contributed by atoms with E-state index in [-0.39, 0.29) is 17.7 Å². The molecule has 1 aromatic heterocycles. The molecule has 1 aromatic carbocycles. The van der Waals surface area contributed by atoms with Crippen LogP contribution in [0.5, 0.6) is 11.8 Å². The van der Waals surface area contributed by atoms with E-state index >= 15 is 0 Å². The number of hydrogen-bond donors (Lipinski definition) is 1. The second kappa shape index (κ2) is 4.09. The van der Waals surface area contributed by atoms with E-state index in [1.54, 1.807) is 19.1 Å². The van der Waals surface area contributed by atoms with Crippen LogP contribution in [0.15, 0.2) is 24.3 Å². The largest absolute Gasteiger partial charge is 0.421 e. The zero-order chi connectivity index (χ0) is 11.5. The third kappa shape index (κ3) is 2.22. The predicted molar refractivity (Wildman–Crippen MR) is 55.5 cm³/mol. The number of aromatic nitrogens is 3. The maximum absolute atomic E-state index is 13.2. The average Bonchev–Trinajstić information content (AvgIpc) is 2.20. The standard InChI is InChI=1S/C10H9FN4O/c1-6-13-9(12)15-10(14-6)16-8-5-3-2-4-7(8)11/h2-5H,1H3,(H2,12,13,14,15). The van der Waals surface area contributed by atoms with Gasteiger partial charge in [0.05, 0.1) is 0 Å². The van der Waals surface area contributed by atoms with E-state index in [1.807, 2.05) is 0 Å². The molecule has 0 unspecified atom stereocenters. The summed E-state index contributed by atoms with van der Waals surface area (Å²) in [6, 6.07) is 5.96. The molecule has 0 aliphatic rings. The van der Waals surface area contributed by atoms with Gasteiger partial charge in [-0.2, -0.15) is 15.0 Å². The van der Waals surface area contributed by atoms with E-state index in [1.165, 1.54) is 12.1 Å². The molecule has 2 aromatic rings. The van der Waals surface area contributed by atoms with Crippen molar-refractivity contribution in [3.05, 3.63) is 35.9 Å². The van der Waals surface area contributed by atoms with Crippen molar-refractivity contribution in [2.45, 2.75) is 6.92 Å². The van der Waals surface area contributed by atoms with Gasteiger partial charge in [-0.1, -0.05) is 12.1 Å². The van der Waals surface area contributed by atoms with Gasteiger partial charge in [0.25, 0.3) is 0 Å². The number of aryl methyl sites for hydroxylation is 1. The summed E-state index contributed by atoms with van der Waals surface area (Å²) in [4.78, 5) is 11.4. The number of halogens is 1. The molecule has 0 aliphatic carbocycles. The average molecular weight is 220 g/mol. The highest BCUT2D eigenvalue weighted by molar-refractivity contribution is 5.27. The summed E-state index contributed by atoms with van der Waals surface area (Å²) in [6.07, 6.45) is 0. The van der Waals surface area contributed by atoms with Crippen LogP contribution in [0.25, 0.3) is 0 Å². The third-order valence-electron chi connectivity index (χ3n) is 1.78. The van der Waals surface area contributed by atoms with Crippen molar-refractivity contribution in [2.75, 3.05) is 5.73 Å². The number of benzene rings is 1. The molecule has 2 rings (SSSR count). The SMILES string of the molecule is Cc1nc(N)nc(Oc2ccccc2F)n1. The fourth-order valence-electron chi connectivity index (χ4n) is 1.15. The lowest BCUT2D eigenvalue weighted by molar-refractivity contribution is 0.409. The molecule has 2 N–H and O–H groups in total. The number of anilines is 1. The van der Waals surface area contributed by atoms with Crippen LogP contribution in [0.3, 0.4) is 0 Å². The van der Waals surface area contributed by atoms with E-state index < -0.39 is 5.82 Å². The fraction of sp³-hybridized carbons (Fsp3) is 0.100. The Labute approximate surface area is 91.1 Å². The van der Waals surface area contributed by atoms with Crippen LogP contribution in [0.2, 0.25) is 0 Å². The Morgan fingerprint density at radius 2 is 1.94 bits per heavy atom. The molecule has 16 heavy (non-hydrogen) atoms. The quantitative estimate of drug-likeness (QED) is 0.833. The number of para-hydroxylation sites is 1. The molecule has 0 atom stereocenters. The van der Waals surface area contributed by atoms with Crippen molar-refractivity contribution in [3.8, 4) is 11.8 Å². The predicted octanol–water partition coefficient (Wildman–Crippen LogP) is 1.69. The normalized spacial score (nSPS) is 10.1. The second-order valence-corrected chi connectivity index (χ2v) is 3.06. The molecule has 0 bridgehead atoms. The molecular weight excluding hydrogens is 211 g/mol. The van der Waals surface area contributed by atoms with Crippen molar-refractivity contribution < 1.29 is 9.13 Å². The Hall–Kier alpha value is -2.24. The first-order valence-electron chi connectivity index (χ1n) is 4.55. The number of nitrogen functional groups attached to an aromatic ring is 1. The summed E-state index contributed by atoms with van der Waals surface area (Å²) in [7, 11) is 0. The topological polar surface area (TPSA) is 73.9 Å². The van der Waals surface area contributed by atoms with Crippen LogP contribution in [-0.4, -0.2) is 15.0 Å². The van der Waals surface area contributed by atoms with Crippen molar-refractivity contribution >= 4 is 5.95 Å². The van der Waals surface area contributed by atoms with Gasteiger partial charge in [0.2, 0.25) is 5.95 Å². The van der Waals surface area contributed by atoms with Crippen LogP contribution in [0, 0.1) is 12.7 Å². The summed E-state index contributed by atoms with van der Waals surface area (Å²) in [6.45, 7) is 1.65. The van der Waals surface area contributed by atoms with Crippen LogP contribution in [-0.2, 0) is 0 Å². The minimum absolute atomic E-state index is 0.0184. The number of nitrogens with two attached hydrogens (primary N) is 1. The maximum Gasteiger partial charge on any atom is 0.327 e. The molecule has 0 radical (unpaired) electrons. The Morgan fingerprint density at radius 3 is 2.62 bits per heavy atom. The second-order valence-electron chi connectivity index (χ2n) is 3.06. The van der Waals surface area contributed by atoms with Crippen molar-refractivity contribution in [1.82, 2.24) is 15.0 Å². The van der Waals surface area contributed by atoms with E-state index in [0.717, 1.165) is 0 Å². The van der Waals surface area contributed by atoms with Gasteiger partial charge in [-0.15, -0.1) is 0 Å². The van der Waals surface area contributed by atoms with Crippen molar-refractivity contribution in [1.29, 1.82) is 0 Å². The smallest absolute Gasteiger partial charge is 0.327 e. The molecule has 0 fully saturated rings. The van der Waals surface area contributed by atoms with Crippen molar-refractivity contribution in [3.63, 3.8) is 0 Å². The molecular formula is C10H9FN4O. The summed E-state index contributed by atoms with van der Waals surface area (Å²) < 4.78 is 18.4. The first-order chi connectivity index (χ1) is 7.65.